The molecular weight excluding hydrogens is 303 g/mol. The zero-order valence-corrected chi connectivity index (χ0v) is 12.8. The van der Waals surface area contributed by atoms with Gasteiger partial charge in [-0.25, -0.2) is 0 Å². The molecule has 1 aromatic rings. The molecule has 0 radical (unpaired) electrons. The third kappa shape index (κ3) is 4.52. The van der Waals surface area contributed by atoms with E-state index in [0.29, 0.717) is 30.7 Å². The summed E-state index contributed by atoms with van der Waals surface area (Å²) < 4.78 is 41.0. The predicted molar refractivity (Wildman–Crippen MR) is 76.4 cm³/mol. The molecule has 2 heterocycles. The van der Waals surface area contributed by atoms with E-state index in [-0.39, 0.29) is 0 Å². The van der Waals surface area contributed by atoms with E-state index in [0.717, 1.165) is 37.6 Å². The van der Waals surface area contributed by atoms with Crippen LogP contribution in [0.1, 0.15) is 19.2 Å². The molecule has 0 amide bonds. The highest BCUT2D eigenvalue weighted by molar-refractivity contribution is 7.09. The fourth-order valence-electron chi connectivity index (χ4n) is 2.32. The van der Waals surface area contributed by atoms with Crippen LogP contribution in [0.25, 0.3) is 0 Å². The standard InChI is InChI=1S/C12H20F3N5S/c1-9(7-16)8-19-3-2-4-20(6-5-19)11-17-10(18-21-11)12(13,14)15/h9H,2-8,16H2,1H3. The molecule has 1 saturated heterocycles. The number of rotatable bonds is 4. The molecule has 0 bridgehead atoms. The summed E-state index contributed by atoms with van der Waals surface area (Å²) in [5, 5.41) is 0.357. The van der Waals surface area contributed by atoms with E-state index in [2.05, 4.69) is 21.2 Å². The predicted octanol–water partition coefficient (Wildman–Crippen LogP) is 1.66. The van der Waals surface area contributed by atoms with Gasteiger partial charge in [0.2, 0.25) is 11.0 Å². The van der Waals surface area contributed by atoms with Gasteiger partial charge in [-0.1, -0.05) is 6.92 Å². The molecule has 1 aromatic heterocycles. The molecule has 1 fully saturated rings. The van der Waals surface area contributed by atoms with Crippen molar-refractivity contribution in [1.82, 2.24) is 14.3 Å². The Morgan fingerprint density at radius 3 is 2.67 bits per heavy atom. The maximum Gasteiger partial charge on any atom is 0.452 e. The lowest BCUT2D eigenvalue weighted by Crippen LogP contribution is -2.35. The van der Waals surface area contributed by atoms with Crippen molar-refractivity contribution in [1.29, 1.82) is 0 Å². The van der Waals surface area contributed by atoms with Crippen LogP contribution in [0.5, 0.6) is 0 Å². The fraction of sp³-hybridized carbons (Fsp3) is 0.833. The lowest BCUT2D eigenvalue weighted by atomic mass is 10.1. The second-order valence-corrected chi connectivity index (χ2v) is 6.11. The summed E-state index contributed by atoms with van der Waals surface area (Å²) in [5.41, 5.74) is 5.63. The van der Waals surface area contributed by atoms with E-state index >= 15 is 0 Å². The Balaban J connectivity index is 1.95. The topological polar surface area (TPSA) is 58.3 Å². The first-order valence-corrected chi connectivity index (χ1v) is 7.75. The molecule has 1 aliphatic heterocycles. The van der Waals surface area contributed by atoms with Crippen LogP contribution in [0.4, 0.5) is 18.3 Å². The molecule has 2 rings (SSSR count). The number of hydrogen-bond acceptors (Lipinski definition) is 6. The van der Waals surface area contributed by atoms with Crippen LogP contribution in [0.15, 0.2) is 0 Å². The van der Waals surface area contributed by atoms with Crippen molar-refractivity contribution in [3.8, 4) is 0 Å². The Morgan fingerprint density at radius 2 is 2.05 bits per heavy atom. The van der Waals surface area contributed by atoms with Crippen LogP contribution in [0.3, 0.4) is 0 Å². The average Bonchev–Trinajstić information content (AvgIpc) is 2.81. The number of halogens is 3. The smallest absolute Gasteiger partial charge is 0.346 e. The van der Waals surface area contributed by atoms with Gasteiger partial charge in [-0.3, -0.25) is 0 Å². The third-order valence-electron chi connectivity index (χ3n) is 3.50. The van der Waals surface area contributed by atoms with Crippen LogP contribution in [-0.4, -0.2) is 53.5 Å². The van der Waals surface area contributed by atoms with Gasteiger partial charge in [-0.15, -0.1) is 0 Å². The van der Waals surface area contributed by atoms with Crippen molar-refractivity contribution in [3.05, 3.63) is 5.82 Å². The maximum absolute atomic E-state index is 12.5. The van der Waals surface area contributed by atoms with E-state index in [1.165, 1.54) is 0 Å². The SMILES string of the molecule is CC(CN)CN1CCCN(c2nc(C(F)(F)F)ns2)CC1. The van der Waals surface area contributed by atoms with Crippen LogP contribution < -0.4 is 10.6 Å². The highest BCUT2D eigenvalue weighted by Gasteiger charge is 2.36. The summed E-state index contributed by atoms with van der Waals surface area (Å²) in [7, 11) is 0. The molecule has 120 valence electrons. The highest BCUT2D eigenvalue weighted by Crippen LogP contribution is 2.30. The summed E-state index contributed by atoms with van der Waals surface area (Å²) in [6.45, 7) is 6.80. The molecule has 0 aliphatic carbocycles. The average molecular weight is 323 g/mol. The first kappa shape index (κ1) is 16.4. The number of anilines is 1. The van der Waals surface area contributed by atoms with Crippen molar-refractivity contribution < 1.29 is 13.2 Å². The van der Waals surface area contributed by atoms with E-state index in [9.17, 15) is 13.2 Å². The Labute approximate surface area is 126 Å². The summed E-state index contributed by atoms with van der Waals surface area (Å²) in [4.78, 5) is 7.82. The van der Waals surface area contributed by atoms with Gasteiger partial charge in [0.05, 0.1) is 0 Å². The van der Waals surface area contributed by atoms with Crippen molar-refractivity contribution in [3.63, 3.8) is 0 Å². The van der Waals surface area contributed by atoms with Crippen LogP contribution in [0, 0.1) is 5.92 Å². The van der Waals surface area contributed by atoms with Crippen molar-refractivity contribution in [2.24, 2.45) is 11.7 Å². The number of alkyl halides is 3. The second kappa shape index (κ2) is 6.89. The van der Waals surface area contributed by atoms with Gasteiger partial charge in [-0.2, -0.15) is 22.5 Å². The Morgan fingerprint density at radius 1 is 1.29 bits per heavy atom. The van der Waals surface area contributed by atoms with Gasteiger partial charge in [0.25, 0.3) is 0 Å². The number of hydrogen-bond donors (Lipinski definition) is 1. The van der Waals surface area contributed by atoms with Gasteiger partial charge >= 0.3 is 6.18 Å². The van der Waals surface area contributed by atoms with Crippen LogP contribution >= 0.6 is 11.5 Å². The molecular formula is C12H20F3N5S. The minimum atomic E-state index is -4.47. The van der Waals surface area contributed by atoms with Crippen molar-refractivity contribution in [2.45, 2.75) is 19.5 Å². The molecule has 0 aromatic carbocycles. The minimum absolute atomic E-state index is 0.357. The third-order valence-corrected chi connectivity index (χ3v) is 4.28. The number of nitrogens with two attached hydrogens (primary N) is 1. The van der Waals surface area contributed by atoms with Crippen molar-refractivity contribution >= 4 is 16.7 Å². The lowest BCUT2D eigenvalue weighted by molar-refractivity contribution is -0.144. The molecule has 1 atom stereocenters. The Hall–Kier alpha value is -0.930. The Bertz CT molecular complexity index is 450. The highest BCUT2D eigenvalue weighted by atomic mass is 32.1. The van der Waals surface area contributed by atoms with E-state index in [4.69, 9.17) is 5.73 Å². The molecule has 0 spiro atoms. The van der Waals surface area contributed by atoms with E-state index in [1.807, 2.05) is 4.90 Å². The van der Waals surface area contributed by atoms with Gasteiger partial charge in [0, 0.05) is 37.7 Å². The first-order valence-electron chi connectivity index (χ1n) is 6.98. The normalized spacial score (nSPS) is 19.6. The number of aromatic nitrogens is 2. The van der Waals surface area contributed by atoms with Gasteiger partial charge < -0.3 is 15.5 Å². The van der Waals surface area contributed by atoms with E-state index in [1.54, 1.807) is 0 Å². The molecule has 2 N–H and O–H groups in total. The quantitative estimate of drug-likeness (QED) is 0.913. The number of nitrogens with zero attached hydrogens (tertiary/aromatic N) is 4. The first-order chi connectivity index (χ1) is 9.90. The minimum Gasteiger partial charge on any atom is -0.346 e. The molecule has 1 unspecified atom stereocenters. The van der Waals surface area contributed by atoms with Crippen LogP contribution in [-0.2, 0) is 6.18 Å². The maximum atomic E-state index is 12.5. The zero-order chi connectivity index (χ0) is 15.5. The molecule has 9 heteroatoms. The Kier molecular flexibility index (Phi) is 5.39. The fourth-order valence-corrected chi connectivity index (χ4v) is 3.06. The van der Waals surface area contributed by atoms with Gasteiger partial charge in [0.15, 0.2) is 0 Å². The summed E-state index contributed by atoms with van der Waals surface area (Å²) >= 11 is 0.818. The molecule has 5 nitrogen and oxygen atoms in total. The largest absolute Gasteiger partial charge is 0.452 e. The second-order valence-electron chi connectivity index (χ2n) is 5.38. The molecule has 21 heavy (non-hydrogen) atoms. The van der Waals surface area contributed by atoms with Crippen molar-refractivity contribution in [2.75, 3.05) is 44.2 Å². The summed E-state index contributed by atoms with van der Waals surface area (Å²) in [6.07, 6.45) is -3.57. The lowest BCUT2D eigenvalue weighted by Gasteiger charge is -2.23. The van der Waals surface area contributed by atoms with Gasteiger partial charge in [0.1, 0.15) is 0 Å². The molecule has 0 saturated carbocycles. The van der Waals surface area contributed by atoms with Gasteiger partial charge in [-0.05, 0) is 25.4 Å². The van der Waals surface area contributed by atoms with E-state index < -0.39 is 12.0 Å². The summed E-state index contributed by atoms with van der Waals surface area (Å²) in [5.74, 6) is -0.615. The summed E-state index contributed by atoms with van der Waals surface area (Å²) in [6, 6.07) is 0. The molecule has 1 aliphatic rings. The zero-order valence-electron chi connectivity index (χ0n) is 11.9. The monoisotopic (exact) mass is 323 g/mol. The van der Waals surface area contributed by atoms with Crippen LogP contribution in [0.2, 0.25) is 0 Å².